The second kappa shape index (κ2) is 5.76. The molecular formula is C16H16N4O. The van der Waals surface area contributed by atoms with Crippen molar-refractivity contribution in [3.63, 3.8) is 0 Å². The van der Waals surface area contributed by atoms with Crippen LogP contribution in [0.15, 0.2) is 54.7 Å². The quantitative estimate of drug-likeness (QED) is 0.684. The lowest BCUT2D eigenvalue weighted by Crippen LogP contribution is -2.37. The number of hydrogen-bond donors (Lipinski definition) is 3. The zero-order valence-electron chi connectivity index (χ0n) is 11.4. The van der Waals surface area contributed by atoms with Crippen LogP contribution in [0.25, 0.3) is 10.9 Å². The Morgan fingerprint density at radius 2 is 2.00 bits per heavy atom. The van der Waals surface area contributed by atoms with Gasteiger partial charge in [0.15, 0.2) is 0 Å². The van der Waals surface area contributed by atoms with Crippen LogP contribution in [0.1, 0.15) is 5.56 Å². The maximum Gasteiger partial charge on any atom is 0.241 e. The number of carbonyl (C=O) groups is 1. The number of nitrogens with two attached hydrogens (primary N) is 1. The fraction of sp³-hybridized carbons (Fsp3) is 0.125. The lowest BCUT2D eigenvalue weighted by atomic mass is 10.1. The Morgan fingerprint density at radius 1 is 1.19 bits per heavy atom. The van der Waals surface area contributed by atoms with Gasteiger partial charge in [0.05, 0.1) is 23.4 Å². The number of rotatable bonds is 4. The molecule has 5 heteroatoms. The minimum absolute atomic E-state index is 0.207. The van der Waals surface area contributed by atoms with Gasteiger partial charge in [0, 0.05) is 5.39 Å². The summed E-state index contributed by atoms with van der Waals surface area (Å²) in [6.07, 6.45) is 2.22. The normalized spacial score (nSPS) is 12.2. The molecule has 0 radical (unpaired) electrons. The Balaban J connectivity index is 1.72. The Kier molecular flexibility index (Phi) is 3.66. The lowest BCUT2D eigenvalue weighted by Gasteiger charge is -2.12. The van der Waals surface area contributed by atoms with E-state index in [-0.39, 0.29) is 5.91 Å². The molecule has 0 saturated heterocycles. The summed E-state index contributed by atoms with van der Waals surface area (Å²) in [6.45, 7) is 0. The van der Waals surface area contributed by atoms with E-state index in [1.807, 2.05) is 48.5 Å². The average molecular weight is 280 g/mol. The van der Waals surface area contributed by atoms with Crippen LogP contribution in [-0.2, 0) is 11.2 Å². The van der Waals surface area contributed by atoms with Gasteiger partial charge >= 0.3 is 0 Å². The number of amides is 1. The van der Waals surface area contributed by atoms with Gasteiger partial charge in [0.2, 0.25) is 5.91 Å². The molecule has 0 aliphatic rings. The molecule has 1 aromatic heterocycles. The first-order valence-electron chi connectivity index (χ1n) is 6.76. The van der Waals surface area contributed by atoms with Crippen molar-refractivity contribution in [3.8, 4) is 0 Å². The maximum atomic E-state index is 12.2. The summed E-state index contributed by atoms with van der Waals surface area (Å²) in [4.78, 5) is 12.2. The molecule has 3 rings (SSSR count). The van der Waals surface area contributed by atoms with E-state index < -0.39 is 6.04 Å². The number of hydrogen-bond acceptors (Lipinski definition) is 3. The number of para-hydroxylation sites is 1. The summed E-state index contributed by atoms with van der Waals surface area (Å²) in [6, 6.07) is 14.8. The molecule has 4 N–H and O–H groups in total. The Morgan fingerprint density at radius 3 is 2.81 bits per heavy atom. The molecule has 1 heterocycles. The topological polar surface area (TPSA) is 83.8 Å². The number of nitrogens with one attached hydrogen (secondary N) is 2. The van der Waals surface area contributed by atoms with Crippen molar-refractivity contribution in [2.24, 2.45) is 5.73 Å². The van der Waals surface area contributed by atoms with Crippen LogP contribution in [0.4, 0.5) is 5.69 Å². The van der Waals surface area contributed by atoms with Gasteiger partial charge in [-0.3, -0.25) is 9.89 Å². The van der Waals surface area contributed by atoms with Crippen molar-refractivity contribution in [1.82, 2.24) is 10.2 Å². The summed E-state index contributed by atoms with van der Waals surface area (Å²) in [5.74, 6) is -0.207. The van der Waals surface area contributed by atoms with E-state index in [1.54, 1.807) is 6.20 Å². The van der Waals surface area contributed by atoms with E-state index in [2.05, 4.69) is 15.5 Å². The number of H-pyrrole nitrogens is 1. The second-order valence-electron chi connectivity index (χ2n) is 4.93. The summed E-state index contributed by atoms with van der Waals surface area (Å²) >= 11 is 0. The van der Waals surface area contributed by atoms with E-state index in [9.17, 15) is 4.79 Å². The molecule has 0 bridgehead atoms. The molecule has 0 unspecified atom stereocenters. The van der Waals surface area contributed by atoms with Crippen LogP contribution >= 0.6 is 0 Å². The van der Waals surface area contributed by atoms with Gasteiger partial charge in [-0.05, 0) is 18.1 Å². The predicted molar refractivity (Wildman–Crippen MR) is 82.8 cm³/mol. The first-order valence-corrected chi connectivity index (χ1v) is 6.76. The zero-order chi connectivity index (χ0) is 14.7. The van der Waals surface area contributed by atoms with Gasteiger partial charge in [0.1, 0.15) is 0 Å². The van der Waals surface area contributed by atoms with E-state index in [1.165, 1.54) is 0 Å². The molecule has 0 fully saturated rings. The largest absolute Gasteiger partial charge is 0.323 e. The molecule has 0 aliphatic heterocycles. The first kappa shape index (κ1) is 13.3. The molecule has 1 amide bonds. The molecular weight excluding hydrogens is 264 g/mol. The van der Waals surface area contributed by atoms with Gasteiger partial charge < -0.3 is 11.1 Å². The summed E-state index contributed by atoms with van der Waals surface area (Å²) in [7, 11) is 0. The van der Waals surface area contributed by atoms with E-state index >= 15 is 0 Å². The Labute approximate surface area is 122 Å². The first-order chi connectivity index (χ1) is 10.2. The van der Waals surface area contributed by atoms with Crippen LogP contribution in [0.2, 0.25) is 0 Å². The molecule has 106 valence electrons. The van der Waals surface area contributed by atoms with Crippen molar-refractivity contribution in [2.45, 2.75) is 12.5 Å². The van der Waals surface area contributed by atoms with Gasteiger partial charge in [-0.25, -0.2) is 0 Å². The number of benzene rings is 2. The van der Waals surface area contributed by atoms with E-state index in [0.717, 1.165) is 16.5 Å². The third kappa shape index (κ3) is 2.93. The third-order valence-corrected chi connectivity index (χ3v) is 3.37. The molecule has 1 atom stereocenters. The van der Waals surface area contributed by atoms with E-state index in [4.69, 9.17) is 5.73 Å². The predicted octanol–water partition coefficient (Wildman–Crippen LogP) is 2.07. The summed E-state index contributed by atoms with van der Waals surface area (Å²) < 4.78 is 0. The molecule has 21 heavy (non-hydrogen) atoms. The van der Waals surface area contributed by atoms with Crippen molar-refractivity contribution in [1.29, 1.82) is 0 Å². The van der Waals surface area contributed by atoms with Gasteiger partial charge in [0.25, 0.3) is 0 Å². The van der Waals surface area contributed by atoms with Crippen molar-refractivity contribution < 1.29 is 4.79 Å². The monoisotopic (exact) mass is 280 g/mol. The van der Waals surface area contributed by atoms with Crippen molar-refractivity contribution in [2.75, 3.05) is 5.32 Å². The summed E-state index contributed by atoms with van der Waals surface area (Å²) in [5, 5.41) is 10.7. The van der Waals surface area contributed by atoms with Crippen LogP contribution in [0.5, 0.6) is 0 Å². The Hall–Kier alpha value is -2.66. The maximum absolute atomic E-state index is 12.2. The van der Waals surface area contributed by atoms with Crippen LogP contribution in [0, 0.1) is 0 Å². The standard InChI is InChI=1S/C16H16N4O/c17-13(9-11-5-2-1-3-6-11)16(21)19-14-8-4-7-12-10-18-20-15(12)14/h1-8,10,13H,9,17H2,(H,18,20)(H,19,21)/t13-/m1/s1. The highest BCUT2D eigenvalue weighted by atomic mass is 16.2. The fourth-order valence-electron chi connectivity index (χ4n) is 2.26. The number of nitrogens with zero attached hydrogens (tertiary/aromatic N) is 1. The molecule has 0 saturated carbocycles. The number of fused-ring (bicyclic) bond motifs is 1. The van der Waals surface area contributed by atoms with Crippen LogP contribution in [-0.4, -0.2) is 22.1 Å². The highest BCUT2D eigenvalue weighted by Gasteiger charge is 2.15. The summed E-state index contributed by atoms with van der Waals surface area (Å²) in [5.41, 5.74) is 8.52. The lowest BCUT2D eigenvalue weighted by molar-refractivity contribution is -0.117. The number of anilines is 1. The highest BCUT2D eigenvalue weighted by molar-refractivity contribution is 6.02. The van der Waals surface area contributed by atoms with Gasteiger partial charge in [-0.1, -0.05) is 42.5 Å². The smallest absolute Gasteiger partial charge is 0.241 e. The second-order valence-corrected chi connectivity index (χ2v) is 4.93. The fourth-order valence-corrected chi connectivity index (χ4v) is 2.26. The molecule has 3 aromatic rings. The third-order valence-electron chi connectivity index (χ3n) is 3.37. The zero-order valence-corrected chi connectivity index (χ0v) is 11.4. The molecule has 0 aliphatic carbocycles. The SMILES string of the molecule is N[C@H](Cc1ccccc1)C(=O)Nc1cccc2cn[nH]c12. The van der Waals surface area contributed by atoms with Gasteiger partial charge in [-0.15, -0.1) is 0 Å². The molecule has 2 aromatic carbocycles. The minimum atomic E-state index is -0.592. The molecule has 5 nitrogen and oxygen atoms in total. The minimum Gasteiger partial charge on any atom is -0.323 e. The van der Waals surface area contributed by atoms with Crippen LogP contribution in [0.3, 0.4) is 0 Å². The average Bonchev–Trinajstić information content (AvgIpc) is 2.98. The Bertz CT molecular complexity index is 751. The number of aromatic nitrogens is 2. The highest BCUT2D eigenvalue weighted by Crippen LogP contribution is 2.20. The number of aromatic amines is 1. The van der Waals surface area contributed by atoms with E-state index in [0.29, 0.717) is 12.1 Å². The number of carbonyl (C=O) groups excluding carboxylic acids is 1. The van der Waals surface area contributed by atoms with Crippen molar-refractivity contribution in [3.05, 3.63) is 60.3 Å². The van der Waals surface area contributed by atoms with Crippen molar-refractivity contribution >= 4 is 22.5 Å². The molecule has 0 spiro atoms. The van der Waals surface area contributed by atoms with Gasteiger partial charge in [-0.2, -0.15) is 5.10 Å². The van der Waals surface area contributed by atoms with Crippen LogP contribution < -0.4 is 11.1 Å².